The van der Waals surface area contributed by atoms with Gasteiger partial charge in [-0.1, -0.05) is 0 Å². The van der Waals surface area contributed by atoms with Crippen molar-refractivity contribution in [1.82, 2.24) is 0 Å². The Morgan fingerprint density at radius 1 is 1.27 bits per heavy atom. The molecule has 0 aromatic heterocycles. The molecule has 0 aromatic rings. The van der Waals surface area contributed by atoms with Gasteiger partial charge in [0.05, 0.1) is 0 Å². The molecule has 3 N–H and O–H groups in total. The molecule has 0 bridgehead atoms. The number of hydrogen-bond donors (Lipinski definition) is 3. The summed E-state index contributed by atoms with van der Waals surface area (Å²) in [6.07, 6.45) is -2.46. The van der Waals surface area contributed by atoms with Crippen LogP contribution in [0.3, 0.4) is 0 Å². The van der Waals surface area contributed by atoms with Crippen molar-refractivity contribution in [2.75, 3.05) is 0 Å². The van der Waals surface area contributed by atoms with Gasteiger partial charge in [-0.05, 0) is 12.8 Å². The number of aliphatic carboxylic acids is 2. The summed E-state index contributed by atoms with van der Waals surface area (Å²) in [6.45, 7) is 0. The zero-order valence-corrected chi connectivity index (χ0v) is 8.31. The largest absolute Gasteiger partial charge is 0.481 e. The van der Waals surface area contributed by atoms with Crippen LogP contribution in [0.25, 0.3) is 0 Å². The van der Waals surface area contributed by atoms with Crippen LogP contribution in [0.5, 0.6) is 0 Å². The minimum atomic E-state index is -4.85. The van der Waals surface area contributed by atoms with E-state index in [9.17, 15) is 18.0 Å². The minimum Gasteiger partial charge on any atom is -0.481 e. The third-order valence-corrected chi connectivity index (χ3v) is 1.85. The van der Waals surface area contributed by atoms with Crippen LogP contribution in [0.1, 0.15) is 19.3 Å². The van der Waals surface area contributed by atoms with Crippen molar-refractivity contribution in [3.63, 3.8) is 0 Å². The van der Waals surface area contributed by atoms with Crippen molar-refractivity contribution in [3.05, 3.63) is 0 Å². The van der Waals surface area contributed by atoms with Gasteiger partial charge in [0.1, 0.15) is 0 Å². The number of rotatable bonds is 7. The second-order valence-electron chi connectivity index (χ2n) is 2.64. The molecule has 15 heavy (non-hydrogen) atoms. The van der Waals surface area contributed by atoms with E-state index in [1.54, 1.807) is 0 Å². The molecule has 0 saturated carbocycles. The molecule has 0 rings (SSSR count). The molecule has 0 aliphatic heterocycles. The van der Waals surface area contributed by atoms with Crippen molar-refractivity contribution < 1.29 is 37.0 Å². The summed E-state index contributed by atoms with van der Waals surface area (Å²) >= 11 is 0. The van der Waals surface area contributed by atoms with Crippen LogP contribution in [0.15, 0.2) is 0 Å². The third-order valence-electron chi connectivity index (χ3n) is 1.37. The highest BCUT2D eigenvalue weighted by molar-refractivity contribution is 7.80. The van der Waals surface area contributed by atoms with Gasteiger partial charge in [0, 0.05) is 6.42 Å². The Kier molecular flexibility index (Phi) is 5.19. The van der Waals surface area contributed by atoms with Crippen LogP contribution in [0.4, 0.5) is 0 Å². The van der Waals surface area contributed by atoms with Gasteiger partial charge < -0.3 is 10.2 Å². The number of carbonyl (C=O) groups is 2. The molecule has 0 fully saturated rings. The summed E-state index contributed by atoms with van der Waals surface area (Å²) in [5, 5.41) is 16.7. The molecule has 0 aliphatic carbocycles. The van der Waals surface area contributed by atoms with Gasteiger partial charge in [0.25, 0.3) is 0 Å². The van der Waals surface area contributed by atoms with E-state index in [2.05, 4.69) is 4.18 Å². The Morgan fingerprint density at radius 3 is 2.13 bits per heavy atom. The SMILES string of the molecule is O=C(O)CCC[C@H](OS(=O)(=O)O)C(=O)O. The smallest absolute Gasteiger partial charge is 0.398 e. The van der Waals surface area contributed by atoms with E-state index < -0.39 is 28.4 Å². The molecule has 0 unspecified atom stereocenters. The summed E-state index contributed by atoms with van der Waals surface area (Å²) in [5.41, 5.74) is 0. The summed E-state index contributed by atoms with van der Waals surface area (Å²) in [7, 11) is -4.85. The molecule has 0 saturated heterocycles. The van der Waals surface area contributed by atoms with Crippen molar-refractivity contribution in [2.24, 2.45) is 0 Å². The van der Waals surface area contributed by atoms with Crippen LogP contribution < -0.4 is 0 Å². The summed E-state index contributed by atoms with van der Waals surface area (Å²) < 4.78 is 32.4. The topological polar surface area (TPSA) is 138 Å². The Bertz CT molecular complexity index is 331. The maximum Gasteiger partial charge on any atom is 0.398 e. The standard InChI is InChI=1S/C6H10O8S/c7-5(8)3-1-2-4(6(9)10)14-15(11,12)13/h4H,1-3H2,(H,7,8)(H,9,10)(H,11,12,13)/t4-/m0/s1. The molecular weight excluding hydrogens is 232 g/mol. The van der Waals surface area contributed by atoms with Crippen LogP contribution in [0, 0.1) is 0 Å². The second-order valence-corrected chi connectivity index (χ2v) is 3.68. The number of hydrogen-bond acceptors (Lipinski definition) is 5. The first kappa shape index (κ1) is 13.8. The predicted molar refractivity (Wildman–Crippen MR) is 45.5 cm³/mol. The first-order chi connectivity index (χ1) is 6.72. The first-order valence-electron chi connectivity index (χ1n) is 3.82. The Labute approximate surface area is 85.4 Å². The average Bonchev–Trinajstić information content (AvgIpc) is 1.99. The minimum absolute atomic E-state index is 0.0676. The molecular formula is C6H10O8S. The molecule has 0 spiro atoms. The van der Waals surface area contributed by atoms with E-state index in [-0.39, 0.29) is 19.3 Å². The quantitative estimate of drug-likeness (QED) is 0.508. The normalized spacial score (nSPS) is 13.4. The van der Waals surface area contributed by atoms with Crippen LogP contribution in [-0.2, 0) is 24.2 Å². The fraction of sp³-hybridized carbons (Fsp3) is 0.667. The fourth-order valence-electron chi connectivity index (χ4n) is 0.798. The Morgan fingerprint density at radius 2 is 1.80 bits per heavy atom. The van der Waals surface area contributed by atoms with E-state index in [1.807, 2.05) is 0 Å². The van der Waals surface area contributed by atoms with Crippen LogP contribution in [0.2, 0.25) is 0 Å². The van der Waals surface area contributed by atoms with Crippen molar-refractivity contribution >= 4 is 22.3 Å². The lowest BCUT2D eigenvalue weighted by Crippen LogP contribution is -2.27. The fourth-order valence-corrected chi connectivity index (χ4v) is 1.27. The number of carboxylic acid groups (broad SMARTS) is 2. The van der Waals surface area contributed by atoms with Gasteiger partial charge in [-0.25, -0.2) is 8.98 Å². The molecule has 0 aliphatic rings. The van der Waals surface area contributed by atoms with E-state index >= 15 is 0 Å². The van der Waals surface area contributed by atoms with Gasteiger partial charge >= 0.3 is 22.3 Å². The zero-order valence-electron chi connectivity index (χ0n) is 7.49. The lowest BCUT2D eigenvalue weighted by molar-refractivity contribution is -0.146. The monoisotopic (exact) mass is 242 g/mol. The molecule has 88 valence electrons. The van der Waals surface area contributed by atoms with Gasteiger partial charge in [0.2, 0.25) is 0 Å². The van der Waals surface area contributed by atoms with Crippen LogP contribution >= 0.6 is 0 Å². The highest BCUT2D eigenvalue weighted by Crippen LogP contribution is 2.08. The predicted octanol–water partition coefficient (Wildman–Crippen LogP) is -0.486. The number of carboxylic acids is 2. The summed E-state index contributed by atoms with van der Waals surface area (Å²) in [5.74, 6) is -2.72. The van der Waals surface area contributed by atoms with E-state index in [1.165, 1.54) is 0 Å². The lowest BCUT2D eigenvalue weighted by atomic mass is 10.1. The molecule has 0 heterocycles. The molecule has 8 nitrogen and oxygen atoms in total. The Hall–Kier alpha value is -1.19. The zero-order chi connectivity index (χ0) is 12.1. The van der Waals surface area contributed by atoms with Gasteiger partial charge in [-0.3, -0.25) is 9.35 Å². The van der Waals surface area contributed by atoms with Gasteiger partial charge in [-0.15, -0.1) is 0 Å². The molecule has 0 radical (unpaired) electrons. The highest BCUT2D eigenvalue weighted by Gasteiger charge is 2.24. The maximum atomic E-state index is 10.4. The molecule has 0 aromatic carbocycles. The molecule has 9 heteroatoms. The van der Waals surface area contributed by atoms with E-state index in [0.717, 1.165) is 0 Å². The van der Waals surface area contributed by atoms with Crippen molar-refractivity contribution in [1.29, 1.82) is 0 Å². The van der Waals surface area contributed by atoms with Gasteiger partial charge in [-0.2, -0.15) is 8.42 Å². The first-order valence-corrected chi connectivity index (χ1v) is 5.19. The van der Waals surface area contributed by atoms with Crippen LogP contribution in [-0.4, -0.2) is 41.2 Å². The highest BCUT2D eigenvalue weighted by atomic mass is 32.3. The van der Waals surface area contributed by atoms with E-state index in [4.69, 9.17) is 14.8 Å². The van der Waals surface area contributed by atoms with Crippen molar-refractivity contribution in [3.8, 4) is 0 Å². The summed E-state index contributed by atoms with van der Waals surface area (Å²) in [6, 6.07) is 0. The second kappa shape index (κ2) is 5.63. The average molecular weight is 242 g/mol. The lowest BCUT2D eigenvalue weighted by Gasteiger charge is -2.09. The maximum absolute atomic E-state index is 10.4. The molecule has 0 amide bonds. The van der Waals surface area contributed by atoms with Crippen molar-refractivity contribution in [2.45, 2.75) is 25.4 Å². The Balaban J connectivity index is 4.18. The van der Waals surface area contributed by atoms with Gasteiger partial charge in [0.15, 0.2) is 6.10 Å². The third kappa shape index (κ3) is 7.85. The molecule has 1 atom stereocenters. The van der Waals surface area contributed by atoms with E-state index in [0.29, 0.717) is 0 Å². The summed E-state index contributed by atoms with van der Waals surface area (Å²) in [4.78, 5) is 20.5.